The highest BCUT2D eigenvalue weighted by Gasteiger charge is 2.37. The predicted molar refractivity (Wildman–Crippen MR) is 167 cm³/mol. The van der Waals surface area contributed by atoms with Gasteiger partial charge in [-0.1, -0.05) is 60.1 Å². The van der Waals surface area contributed by atoms with Crippen LogP contribution in [0.5, 0.6) is 17.2 Å². The summed E-state index contributed by atoms with van der Waals surface area (Å²) in [5, 5.41) is 2.84. The Balaban J connectivity index is 1.36. The van der Waals surface area contributed by atoms with Crippen molar-refractivity contribution < 1.29 is 28.6 Å². The highest BCUT2D eigenvalue weighted by molar-refractivity contribution is 9.10. The number of benzene rings is 4. The number of hydrogen-bond donors (Lipinski definition) is 1. The molecule has 1 heterocycles. The van der Waals surface area contributed by atoms with Gasteiger partial charge in [0, 0.05) is 10.6 Å². The van der Waals surface area contributed by atoms with Crippen LogP contribution in [0.1, 0.15) is 23.6 Å². The maximum atomic E-state index is 13.5. The van der Waals surface area contributed by atoms with Crippen LogP contribution in [0, 0.1) is 0 Å². The van der Waals surface area contributed by atoms with Crippen LogP contribution in [0.4, 0.5) is 10.5 Å². The van der Waals surface area contributed by atoms with E-state index in [1.54, 1.807) is 42.5 Å². The summed E-state index contributed by atoms with van der Waals surface area (Å²) in [6.45, 7) is 2.78. The smallest absolute Gasteiger partial charge is 0.335 e. The molecule has 1 aliphatic heterocycles. The lowest BCUT2D eigenvalue weighted by atomic mass is 10.1. The van der Waals surface area contributed by atoms with Crippen molar-refractivity contribution in [3.05, 3.63) is 123 Å². The minimum absolute atomic E-state index is 0.217. The van der Waals surface area contributed by atoms with Gasteiger partial charge in [-0.3, -0.25) is 14.9 Å². The molecule has 4 aromatic rings. The van der Waals surface area contributed by atoms with Crippen molar-refractivity contribution in [2.24, 2.45) is 0 Å². The van der Waals surface area contributed by atoms with Gasteiger partial charge in [0.2, 0.25) is 0 Å². The Hall–Kier alpha value is -4.60. The van der Waals surface area contributed by atoms with E-state index >= 15 is 0 Å². The van der Waals surface area contributed by atoms with Crippen LogP contribution < -0.4 is 24.4 Å². The van der Waals surface area contributed by atoms with E-state index in [0.717, 1.165) is 16.0 Å². The molecule has 5 rings (SSSR count). The first-order valence-corrected chi connectivity index (χ1v) is 14.5. The van der Waals surface area contributed by atoms with Crippen molar-refractivity contribution >= 4 is 57.1 Å². The maximum Gasteiger partial charge on any atom is 0.335 e. The van der Waals surface area contributed by atoms with Gasteiger partial charge in [0.1, 0.15) is 24.5 Å². The molecular weight excluding hydrogens is 636 g/mol. The molecule has 43 heavy (non-hydrogen) atoms. The molecule has 10 heteroatoms. The lowest BCUT2D eigenvalue weighted by molar-refractivity contribution is -0.122. The van der Waals surface area contributed by atoms with Crippen LogP contribution in [-0.2, 0) is 22.8 Å². The van der Waals surface area contributed by atoms with Crippen molar-refractivity contribution in [3.8, 4) is 17.2 Å². The summed E-state index contributed by atoms with van der Waals surface area (Å²) in [7, 11) is 0. The van der Waals surface area contributed by atoms with E-state index in [1.807, 2.05) is 55.5 Å². The van der Waals surface area contributed by atoms with Crippen molar-refractivity contribution in [1.29, 1.82) is 0 Å². The predicted octanol–water partition coefficient (Wildman–Crippen LogP) is 7.33. The largest absolute Gasteiger partial charge is 0.490 e. The molecule has 0 spiro atoms. The number of rotatable bonds is 10. The number of halogens is 2. The number of carbonyl (C=O) groups is 3. The molecule has 0 saturated carbocycles. The quantitative estimate of drug-likeness (QED) is 0.141. The first kappa shape index (κ1) is 29.9. The summed E-state index contributed by atoms with van der Waals surface area (Å²) in [6.07, 6.45) is 1.41. The van der Waals surface area contributed by atoms with E-state index in [2.05, 4.69) is 21.2 Å². The zero-order valence-corrected chi connectivity index (χ0v) is 25.4. The molecule has 1 N–H and O–H groups in total. The summed E-state index contributed by atoms with van der Waals surface area (Å²) >= 11 is 9.72. The monoisotopic (exact) mass is 660 g/mol. The number of urea groups is 1. The molecule has 0 unspecified atom stereocenters. The molecule has 0 radical (unpaired) electrons. The van der Waals surface area contributed by atoms with Crippen LogP contribution in [0.2, 0.25) is 5.02 Å². The Morgan fingerprint density at radius 1 is 0.860 bits per heavy atom. The minimum atomic E-state index is -0.849. The van der Waals surface area contributed by atoms with Crippen molar-refractivity contribution in [1.82, 2.24) is 5.32 Å². The van der Waals surface area contributed by atoms with Gasteiger partial charge in [-0.05, 0) is 82.5 Å². The highest BCUT2D eigenvalue weighted by atomic mass is 79.9. The molecule has 1 saturated heterocycles. The number of imide groups is 2. The molecule has 218 valence electrons. The van der Waals surface area contributed by atoms with E-state index in [4.69, 9.17) is 25.8 Å². The van der Waals surface area contributed by atoms with Crippen molar-refractivity contribution in [2.75, 3.05) is 11.5 Å². The Morgan fingerprint density at radius 3 is 2.30 bits per heavy atom. The normalized spacial score (nSPS) is 14.1. The second-order valence-electron chi connectivity index (χ2n) is 9.37. The fourth-order valence-electron chi connectivity index (χ4n) is 4.33. The molecule has 0 bridgehead atoms. The van der Waals surface area contributed by atoms with Gasteiger partial charge < -0.3 is 14.2 Å². The number of barbiturate groups is 1. The van der Waals surface area contributed by atoms with Gasteiger partial charge in [-0.25, -0.2) is 9.69 Å². The second-order valence-corrected chi connectivity index (χ2v) is 10.6. The zero-order chi connectivity index (χ0) is 30.3. The van der Waals surface area contributed by atoms with Gasteiger partial charge in [-0.2, -0.15) is 0 Å². The Morgan fingerprint density at radius 2 is 1.58 bits per heavy atom. The van der Waals surface area contributed by atoms with Gasteiger partial charge in [0.05, 0.1) is 16.8 Å². The number of carbonyl (C=O) groups excluding carboxylic acids is 3. The van der Waals surface area contributed by atoms with Crippen LogP contribution in [-0.4, -0.2) is 24.5 Å². The average Bonchev–Trinajstić information content (AvgIpc) is 3.00. The average molecular weight is 662 g/mol. The lowest BCUT2D eigenvalue weighted by Gasteiger charge is -2.26. The number of anilines is 1. The Labute approximate surface area is 261 Å². The lowest BCUT2D eigenvalue weighted by Crippen LogP contribution is -2.54. The van der Waals surface area contributed by atoms with Gasteiger partial charge in [0.25, 0.3) is 11.8 Å². The third-order valence-electron chi connectivity index (χ3n) is 6.42. The fraction of sp³-hybridized carbons (Fsp3) is 0.121. The van der Waals surface area contributed by atoms with E-state index < -0.39 is 17.8 Å². The van der Waals surface area contributed by atoms with Crippen molar-refractivity contribution in [3.63, 3.8) is 0 Å². The number of ether oxygens (including phenoxy) is 3. The Kier molecular flexibility index (Phi) is 9.44. The first-order valence-electron chi connectivity index (χ1n) is 13.3. The Bertz CT molecular complexity index is 1690. The summed E-state index contributed by atoms with van der Waals surface area (Å²) in [4.78, 5) is 39.9. The van der Waals surface area contributed by atoms with Crippen LogP contribution >= 0.6 is 27.5 Å². The third kappa shape index (κ3) is 7.07. The fourth-order valence-corrected chi connectivity index (χ4v) is 5.10. The van der Waals surface area contributed by atoms with Gasteiger partial charge in [0.15, 0.2) is 11.5 Å². The second kappa shape index (κ2) is 13.6. The molecule has 0 atom stereocenters. The molecule has 0 aromatic heterocycles. The maximum absolute atomic E-state index is 13.5. The zero-order valence-electron chi connectivity index (χ0n) is 23.0. The molecule has 4 aromatic carbocycles. The van der Waals surface area contributed by atoms with E-state index in [0.29, 0.717) is 45.5 Å². The van der Waals surface area contributed by atoms with Gasteiger partial charge >= 0.3 is 6.03 Å². The van der Waals surface area contributed by atoms with E-state index in [1.165, 1.54) is 6.08 Å². The molecular formula is C33H26BrClN2O6. The summed E-state index contributed by atoms with van der Waals surface area (Å²) < 4.78 is 18.2. The minimum Gasteiger partial charge on any atom is -0.490 e. The summed E-state index contributed by atoms with van der Waals surface area (Å²) in [5.74, 6) is -0.130. The van der Waals surface area contributed by atoms with Crippen LogP contribution in [0.3, 0.4) is 0 Å². The number of amides is 4. The highest BCUT2D eigenvalue weighted by Crippen LogP contribution is 2.38. The number of nitrogens with one attached hydrogen (secondary N) is 1. The molecule has 4 amide bonds. The topological polar surface area (TPSA) is 94.2 Å². The number of hydrogen-bond acceptors (Lipinski definition) is 6. The number of nitrogens with zero attached hydrogens (tertiary/aromatic N) is 1. The molecule has 1 fully saturated rings. The SMILES string of the molecule is CCOc1cc(/C=C2\C(=O)NC(=O)N(c3ccc(OCc4ccccc4Cl)cc3)C2=O)cc(Br)c1OCc1ccccc1. The van der Waals surface area contributed by atoms with Gasteiger partial charge in [-0.15, -0.1) is 0 Å². The van der Waals surface area contributed by atoms with Crippen molar-refractivity contribution in [2.45, 2.75) is 20.1 Å². The summed E-state index contributed by atoms with van der Waals surface area (Å²) in [5.41, 5.74) is 2.36. The first-order chi connectivity index (χ1) is 20.8. The van der Waals surface area contributed by atoms with Crippen LogP contribution in [0.15, 0.2) is 101 Å². The van der Waals surface area contributed by atoms with Crippen LogP contribution in [0.25, 0.3) is 6.08 Å². The molecule has 1 aliphatic rings. The third-order valence-corrected chi connectivity index (χ3v) is 7.38. The van der Waals surface area contributed by atoms with E-state index in [9.17, 15) is 14.4 Å². The molecule has 0 aliphatic carbocycles. The van der Waals surface area contributed by atoms with E-state index in [-0.39, 0.29) is 17.9 Å². The molecule has 8 nitrogen and oxygen atoms in total. The summed E-state index contributed by atoms with van der Waals surface area (Å²) in [6, 6.07) is 26.0. The standard InChI is InChI=1S/C33H26BrClN2O6/c1-2-41-29-18-22(17-27(34)30(29)43-19-21-8-4-3-5-9-21)16-26-31(38)36-33(40)37(32(26)39)24-12-14-25(15-13-24)42-20-23-10-6-7-11-28(23)35/h3-18H,2,19-20H2,1H3,(H,36,38,40)/b26-16+.